The zero-order valence-corrected chi connectivity index (χ0v) is 17.6. The number of allylic oxidation sites excluding steroid dienone is 2. The van der Waals surface area contributed by atoms with Crippen LogP contribution in [0.4, 0.5) is 0 Å². The van der Waals surface area contributed by atoms with Crippen LogP contribution in [0.25, 0.3) is 0 Å². The monoisotopic (exact) mass is 418 g/mol. The molecule has 0 N–H and O–H groups in total. The van der Waals surface area contributed by atoms with Crippen molar-refractivity contribution in [2.24, 2.45) is 23.7 Å². The fraction of sp³-hybridized carbons (Fsp3) is 0.545. The normalized spacial score (nSPS) is 27.6. The predicted molar refractivity (Wildman–Crippen MR) is 104 cm³/mol. The second-order valence-corrected chi connectivity index (χ2v) is 7.66. The maximum atomic E-state index is 11.5. The molecule has 0 saturated heterocycles. The molecular weight excluding hydrogens is 392 g/mol. The molecule has 1 saturated carbocycles. The number of fused-ring (bicyclic) bond motifs is 4. The molecule has 30 heavy (non-hydrogen) atoms. The number of carbonyl (C=O) groups excluding carboxylic acids is 4. The molecule has 1 fully saturated rings. The zero-order valence-electron chi connectivity index (χ0n) is 17.6. The molecule has 4 aliphatic carbocycles. The molecule has 0 heterocycles. The van der Waals surface area contributed by atoms with Crippen molar-refractivity contribution in [2.75, 3.05) is 28.4 Å². The van der Waals surface area contributed by atoms with Crippen molar-refractivity contribution >= 4 is 23.9 Å². The van der Waals surface area contributed by atoms with E-state index in [4.69, 9.17) is 9.47 Å². The third-order valence-corrected chi connectivity index (χ3v) is 6.28. The Kier molecular flexibility index (Phi) is 6.43. The number of methoxy groups -OCH3 is 4. The van der Waals surface area contributed by atoms with Gasteiger partial charge in [-0.3, -0.25) is 0 Å². The third kappa shape index (κ3) is 3.66. The number of carbonyl (C=O) groups is 4. The summed E-state index contributed by atoms with van der Waals surface area (Å²) in [5.41, 5.74) is 2.05. The van der Waals surface area contributed by atoms with Crippen molar-refractivity contribution in [1.82, 2.24) is 0 Å². The van der Waals surface area contributed by atoms with E-state index in [1.807, 2.05) is 12.2 Å². The molecule has 0 aliphatic heterocycles. The highest BCUT2D eigenvalue weighted by molar-refractivity contribution is 6.03. The van der Waals surface area contributed by atoms with Gasteiger partial charge in [0.05, 0.1) is 50.7 Å². The SMILES string of the molecule is COC(=O)C1=C(C(=O)OC)C2C=CC1C2.COC(=O)C1=C(C(=O)OC)C2CCC1C2. The lowest BCUT2D eigenvalue weighted by molar-refractivity contribution is -0.140. The summed E-state index contributed by atoms with van der Waals surface area (Å²) in [4.78, 5) is 46.1. The second kappa shape index (κ2) is 8.85. The highest BCUT2D eigenvalue weighted by Crippen LogP contribution is 2.49. The van der Waals surface area contributed by atoms with Gasteiger partial charge in [0.25, 0.3) is 0 Å². The lowest BCUT2D eigenvalue weighted by atomic mass is 9.92. The van der Waals surface area contributed by atoms with E-state index < -0.39 is 11.9 Å². The fourth-order valence-electron chi connectivity index (χ4n) is 4.99. The van der Waals surface area contributed by atoms with Crippen LogP contribution in [-0.4, -0.2) is 52.3 Å². The van der Waals surface area contributed by atoms with E-state index in [9.17, 15) is 19.2 Å². The van der Waals surface area contributed by atoms with Crippen LogP contribution in [-0.2, 0) is 38.1 Å². The van der Waals surface area contributed by atoms with Gasteiger partial charge in [-0.2, -0.15) is 0 Å². The summed E-state index contributed by atoms with van der Waals surface area (Å²) in [6.07, 6.45) is 7.54. The fourth-order valence-corrected chi connectivity index (χ4v) is 4.99. The van der Waals surface area contributed by atoms with Crippen molar-refractivity contribution in [2.45, 2.75) is 25.7 Å². The molecule has 0 aromatic heterocycles. The van der Waals surface area contributed by atoms with Crippen LogP contribution < -0.4 is 0 Å². The van der Waals surface area contributed by atoms with Crippen LogP contribution in [0.2, 0.25) is 0 Å². The number of rotatable bonds is 4. The van der Waals surface area contributed by atoms with Gasteiger partial charge in [0, 0.05) is 11.8 Å². The Bertz CT molecular complexity index is 758. The maximum Gasteiger partial charge on any atom is 0.334 e. The summed E-state index contributed by atoms with van der Waals surface area (Å²) < 4.78 is 18.8. The van der Waals surface area contributed by atoms with E-state index in [-0.39, 0.29) is 35.6 Å². The molecule has 4 bridgehead atoms. The summed E-state index contributed by atoms with van der Waals surface area (Å²) in [6.45, 7) is 0. The maximum absolute atomic E-state index is 11.5. The minimum Gasteiger partial charge on any atom is -0.466 e. The van der Waals surface area contributed by atoms with Crippen molar-refractivity contribution in [3.05, 3.63) is 34.4 Å². The molecule has 0 aromatic carbocycles. The Balaban J connectivity index is 0.000000171. The molecule has 4 aliphatic rings. The highest BCUT2D eigenvalue weighted by atomic mass is 16.5. The van der Waals surface area contributed by atoms with Crippen LogP contribution in [0.15, 0.2) is 34.4 Å². The van der Waals surface area contributed by atoms with Crippen LogP contribution in [0, 0.1) is 23.7 Å². The van der Waals surface area contributed by atoms with Crippen LogP contribution in [0.3, 0.4) is 0 Å². The number of ether oxygens (including phenoxy) is 4. The predicted octanol–water partition coefficient (Wildman–Crippen LogP) is 1.89. The van der Waals surface area contributed by atoms with Crippen LogP contribution >= 0.6 is 0 Å². The molecule has 162 valence electrons. The number of esters is 4. The minimum absolute atomic E-state index is 0.0246. The van der Waals surface area contributed by atoms with E-state index in [2.05, 4.69) is 9.47 Å². The van der Waals surface area contributed by atoms with Gasteiger partial charge in [0.2, 0.25) is 0 Å². The van der Waals surface area contributed by atoms with Gasteiger partial charge in [-0.15, -0.1) is 0 Å². The van der Waals surface area contributed by atoms with E-state index in [1.165, 1.54) is 28.4 Å². The molecule has 0 spiro atoms. The summed E-state index contributed by atoms with van der Waals surface area (Å²) in [7, 11) is 5.33. The van der Waals surface area contributed by atoms with E-state index >= 15 is 0 Å². The average Bonchev–Trinajstić information content (AvgIpc) is 3.57. The van der Waals surface area contributed by atoms with Crippen LogP contribution in [0.1, 0.15) is 25.7 Å². The van der Waals surface area contributed by atoms with E-state index in [0.717, 1.165) is 25.7 Å². The molecular formula is C22H26O8. The Hall–Kier alpha value is -2.90. The van der Waals surface area contributed by atoms with Gasteiger partial charge < -0.3 is 18.9 Å². The number of hydrogen-bond acceptors (Lipinski definition) is 8. The first-order valence-electron chi connectivity index (χ1n) is 9.87. The molecule has 8 heteroatoms. The zero-order chi connectivity index (χ0) is 22.0. The molecule has 0 aromatic rings. The number of hydrogen-bond donors (Lipinski definition) is 0. The molecule has 4 unspecified atom stereocenters. The van der Waals surface area contributed by atoms with Crippen molar-refractivity contribution in [3.8, 4) is 0 Å². The third-order valence-electron chi connectivity index (χ3n) is 6.28. The van der Waals surface area contributed by atoms with Crippen molar-refractivity contribution in [3.63, 3.8) is 0 Å². The first kappa shape index (κ1) is 21.8. The summed E-state index contributed by atoms with van der Waals surface area (Å²) in [6, 6.07) is 0. The minimum atomic E-state index is -0.424. The Labute approximate surface area is 174 Å². The van der Waals surface area contributed by atoms with Crippen LogP contribution in [0.5, 0.6) is 0 Å². The quantitative estimate of drug-likeness (QED) is 0.387. The van der Waals surface area contributed by atoms with Crippen molar-refractivity contribution < 1.29 is 38.1 Å². The Morgan fingerprint density at radius 1 is 0.600 bits per heavy atom. The lowest BCUT2D eigenvalue weighted by Gasteiger charge is -2.16. The molecule has 4 atom stereocenters. The second-order valence-electron chi connectivity index (χ2n) is 7.66. The topological polar surface area (TPSA) is 105 Å². The van der Waals surface area contributed by atoms with Gasteiger partial charge >= 0.3 is 23.9 Å². The molecule has 4 rings (SSSR count). The van der Waals surface area contributed by atoms with Gasteiger partial charge in [-0.1, -0.05) is 12.2 Å². The average molecular weight is 418 g/mol. The van der Waals surface area contributed by atoms with Crippen molar-refractivity contribution in [1.29, 1.82) is 0 Å². The van der Waals surface area contributed by atoms with Gasteiger partial charge in [-0.25, -0.2) is 19.2 Å². The molecule has 8 nitrogen and oxygen atoms in total. The van der Waals surface area contributed by atoms with Gasteiger partial charge in [0.15, 0.2) is 0 Å². The summed E-state index contributed by atoms with van der Waals surface area (Å²) in [5.74, 6) is -1.13. The summed E-state index contributed by atoms with van der Waals surface area (Å²) >= 11 is 0. The van der Waals surface area contributed by atoms with E-state index in [0.29, 0.717) is 22.3 Å². The van der Waals surface area contributed by atoms with Gasteiger partial charge in [-0.05, 0) is 37.5 Å². The van der Waals surface area contributed by atoms with E-state index in [1.54, 1.807) is 0 Å². The first-order valence-corrected chi connectivity index (χ1v) is 9.87. The smallest absolute Gasteiger partial charge is 0.334 e. The Morgan fingerprint density at radius 2 is 0.933 bits per heavy atom. The largest absolute Gasteiger partial charge is 0.466 e. The molecule has 0 radical (unpaired) electrons. The first-order chi connectivity index (χ1) is 14.4. The van der Waals surface area contributed by atoms with Gasteiger partial charge in [0.1, 0.15) is 0 Å². The standard InChI is InChI=1S/C11H14O4.C11H12O4/c2*1-14-10(12)8-6-3-4-7(5-6)9(8)11(13)15-2/h6-7H,3-5H2,1-2H3;3-4,6-7H,5H2,1-2H3. The lowest BCUT2D eigenvalue weighted by Crippen LogP contribution is -2.19. The highest BCUT2D eigenvalue weighted by Gasteiger charge is 2.45. The summed E-state index contributed by atoms with van der Waals surface area (Å²) in [5, 5.41) is 0. The Morgan fingerprint density at radius 3 is 1.27 bits per heavy atom. The molecule has 0 amide bonds.